The van der Waals surface area contributed by atoms with Gasteiger partial charge in [-0.05, 0) is 50.6 Å². The van der Waals surface area contributed by atoms with Crippen molar-refractivity contribution in [1.82, 2.24) is 10.6 Å². The Morgan fingerprint density at radius 3 is 2.75 bits per heavy atom. The molecule has 2 fully saturated rings. The molecule has 0 aromatic heterocycles. The van der Waals surface area contributed by atoms with Gasteiger partial charge in [-0.2, -0.15) is 0 Å². The van der Waals surface area contributed by atoms with Gasteiger partial charge in [-0.1, -0.05) is 13.3 Å². The third-order valence-electron chi connectivity index (χ3n) is 4.15. The molecule has 0 saturated heterocycles. The first-order valence-corrected chi connectivity index (χ1v) is 6.79. The third-order valence-corrected chi connectivity index (χ3v) is 4.15. The van der Waals surface area contributed by atoms with Crippen LogP contribution in [0.5, 0.6) is 0 Å². The Bertz CT molecular complexity index is 242. The summed E-state index contributed by atoms with van der Waals surface area (Å²) in [6.07, 6.45) is 6.18. The van der Waals surface area contributed by atoms with Crippen molar-refractivity contribution in [3.05, 3.63) is 0 Å². The van der Waals surface area contributed by atoms with Gasteiger partial charge in [0.05, 0.1) is 0 Å². The monoisotopic (exact) mass is 224 g/mol. The molecule has 0 aromatic carbocycles. The van der Waals surface area contributed by atoms with E-state index in [1.807, 2.05) is 0 Å². The van der Waals surface area contributed by atoms with E-state index in [9.17, 15) is 4.79 Å². The average molecular weight is 224 g/mol. The molecule has 2 aliphatic carbocycles. The van der Waals surface area contributed by atoms with Crippen LogP contribution in [0.25, 0.3) is 0 Å². The fourth-order valence-electron chi connectivity index (χ4n) is 3.30. The Morgan fingerprint density at radius 1 is 1.25 bits per heavy atom. The highest BCUT2D eigenvalue weighted by atomic mass is 16.1. The van der Waals surface area contributed by atoms with Gasteiger partial charge in [0.15, 0.2) is 0 Å². The van der Waals surface area contributed by atoms with Gasteiger partial charge in [0.25, 0.3) is 0 Å². The summed E-state index contributed by atoms with van der Waals surface area (Å²) in [7, 11) is 0. The Kier molecular flexibility index (Phi) is 4.22. The predicted molar refractivity (Wildman–Crippen MR) is 65.1 cm³/mol. The molecule has 2 N–H and O–H groups in total. The highest BCUT2D eigenvalue weighted by Crippen LogP contribution is 2.48. The standard InChI is InChI=1S/C13H24N2O/c1-2-14-6-3-7-15-13(16)12-9-10-4-5-11(12)8-10/h10-12,14H,2-9H2,1H3,(H,15,16). The largest absolute Gasteiger partial charge is 0.356 e. The van der Waals surface area contributed by atoms with Crippen molar-refractivity contribution in [2.45, 2.75) is 39.0 Å². The van der Waals surface area contributed by atoms with Crippen LogP contribution in [0.4, 0.5) is 0 Å². The molecule has 0 aliphatic heterocycles. The van der Waals surface area contributed by atoms with E-state index in [1.165, 1.54) is 19.3 Å². The van der Waals surface area contributed by atoms with Crippen LogP contribution in [0.15, 0.2) is 0 Å². The first-order chi connectivity index (χ1) is 7.81. The number of carbonyl (C=O) groups is 1. The second kappa shape index (κ2) is 5.67. The van der Waals surface area contributed by atoms with E-state index in [0.717, 1.165) is 38.4 Å². The molecule has 2 rings (SSSR count). The van der Waals surface area contributed by atoms with E-state index in [0.29, 0.717) is 17.7 Å². The summed E-state index contributed by atoms with van der Waals surface area (Å²) < 4.78 is 0. The Morgan fingerprint density at radius 2 is 2.12 bits per heavy atom. The quantitative estimate of drug-likeness (QED) is 0.672. The molecule has 2 saturated carbocycles. The minimum absolute atomic E-state index is 0.323. The number of hydrogen-bond acceptors (Lipinski definition) is 2. The van der Waals surface area contributed by atoms with E-state index in [2.05, 4.69) is 17.6 Å². The van der Waals surface area contributed by atoms with E-state index in [-0.39, 0.29) is 0 Å². The van der Waals surface area contributed by atoms with Crippen LogP contribution in [0.2, 0.25) is 0 Å². The maximum atomic E-state index is 11.9. The topological polar surface area (TPSA) is 41.1 Å². The minimum atomic E-state index is 0.323. The highest BCUT2D eigenvalue weighted by molar-refractivity contribution is 5.79. The smallest absolute Gasteiger partial charge is 0.223 e. The summed E-state index contributed by atoms with van der Waals surface area (Å²) in [6.45, 7) is 4.96. The highest BCUT2D eigenvalue weighted by Gasteiger charge is 2.42. The zero-order valence-electron chi connectivity index (χ0n) is 10.3. The van der Waals surface area contributed by atoms with Gasteiger partial charge in [-0.3, -0.25) is 4.79 Å². The fraction of sp³-hybridized carbons (Fsp3) is 0.923. The lowest BCUT2D eigenvalue weighted by Crippen LogP contribution is -2.35. The van der Waals surface area contributed by atoms with Crippen molar-refractivity contribution in [2.75, 3.05) is 19.6 Å². The van der Waals surface area contributed by atoms with Crippen LogP contribution in [0, 0.1) is 17.8 Å². The van der Waals surface area contributed by atoms with Crippen LogP contribution in [0.3, 0.4) is 0 Å². The number of rotatable bonds is 6. The van der Waals surface area contributed by atoms with Gasteiger partial charge in [-0.15, -0.1) is 0 Å². The number of amides is 1. The molecular formula is C13H24N2O. The van der Waals surface area contributed by atoms with E-state index < -0.39 is 0 Å². The van der Waals surface area contributed by atoms with Crippen molar-refractivity contribution in [3.8, 4) is 0 Å². The first-order valence-electron chi connectivity index (χ1n) is 6.79. The van der Waals surface area contributed by atoms with Gasteiger partial charge in [-0.25, -0.2) is 0 Å². The van der Waals surface area contributed by atoms with Crippen LogP contribution in [-0.2, 0) is 4.79 Å². The third kappa shape index (κ3) is 2.76. The van der Waals surface area contributed by atoms with Gasteiger partial charge in [0, 0.05) is 12.5 Å². The van der Waals surface area contributed by atoms with Crippen molar-refractivity contribution in [1.29, 1.82) is 0 Å². The van der Waals surface area contributed by atoms with Crippen molar-refractivity contribution in [3.63, 3.8) is 0 Å². The zero-order valence-corrected chi connectivity index (χ0v) is 10.3. The Labute approximate surface area is 98.4 Å². The summed E-state index contributed by atoms with van der Waals surface area (Å²) in [4.78, 5) is 11.9. The molecular weight excluding hydrogens is 200 g/mol. The molecule has 16 heavy (non-hydrogen) atoms. The molecule has 3 atom stereocenters. The number of carbonyl (C=O) groups excluding carboxylic acids is 1. The second-order valence-corrected chi connectivity index (χ2v) is 5.28. The zero-order chi connectivity index (χ0) is 11.4. The molecule has 3 nitrogen and oxygen atoms in total. The lowest BCUT2D eigenvalue weighted by molar-refractivity contribution is -0.126. The Balaban J connectivity index is 1.61. The molecule has 0 spiro atoms. The minimum Gasteiger partial charge on any atom is -0.356 e. The first kappa shape index (κ1) is 11.9. The average Bonchev–Trinajstić information content (AvgIpc) is 2.90. The number of hydrogen-bond donors (Lipinski definition) is 2. The molecule has 92 valence electrons. The lowest BCUT2D eigenvalue weighted by atomic mass is 9.88. The van der Waals surface area contributed by atoms with E-state index in [1.54, 1.807) is 0 Å². The maximum Gasteiger partial charge on any atom is 0.223 e. The molecule has 3 unspecified atom stereocenters. The molecule has 2 bridgehead atoms. The summed E-state index contributed by atoms with van der Waals surface area (Å²) in [5.41, 5.74) is 0. The van der Waals surface area contributed by atoms with Gasteiger partial charge in [0.1, 0.15) is 0 Å². The predicted octanol–water partition coefficient (Wildman–Crippen LogP) is 1.54. The van der Waals surface area contributed by atoms with Crippen molar-refractivity contribution in [2.24, 2.45) is 17.8 Å². The van der Waals surface area contributed by atoms with E-state index in [4.69, 9.17) is 0 Å². The van der Waals surface area contributed by atoms with Crippen LogP contribution >= 0.6 is 0 Å². The van der Waals surface area contributed by atoms with Crippen LogP contribution in [-0.4, -0.2) is 25.5 Å². The summed E-state index contributed by atoms with van der Waals surface area (Å²) in [5, 5.41) is 6.36. The van der Waals surface area contributed by atoms with Crippen molar-refractivity contribution >= 4 is 5.91 Å². The lowest BCUT2D eigenvalue weighted by Gasteiger charge is -2.20. The molecule has 1 amide bonds. The fourth-order valence-corrected chi connectivity index (χ4v) is 3.30. The van der Waals surface area contributed by atoms with Gasteiger partial charge in [0.2, 0.25) is 5.91 Å². The van der Waals surface area contributed by atoms with Crippen LogP contribution in [0.1, 0.15) is 39.0 Å². The summed E-state index contributed by atoms with van der Waals surface area (Å²) in [5.74, 6) is 2.24. The maximum absolute atomic E-state index is 11.9. The Hall–Kier alpha value is -0.570. The molecule has 2 aliphatic rings. The van der Waals surface area contributed by atoms with Crippen molar-refractivity contribution < 1.29 is 4.79 Å². The molecule has 0 aromatic rings. The number of fused-ring (bicyclic) bond motifs is 2. The molecule has 0 radical (unpaired) electrons. The SMILES string of the molecule is CCNCCCNC(=O)C1CC2CCC1C2. The molecule has 3 heteroatoms. The van der Waals surface area contributed by atoms with Gasteiger partial charge >= 0.3 is 0 Å². The number of nitrogens with one attached hydrogen (secondary N) is 2. The second-order valence-electron chi connectivity index (χ2n) is 5.28. The summed E-state index contributed by atoms with van der Waals surface area (Å²) >= 11 is 0. The van der Waals surface area contributed by atoms with Gasteiger partial charge < -0.3 is 10.6 Å². The molecule has 0 heterocycles. The summed E-state index contributed by atoms with van der Waals surface area (Å²) in [6, 6.07) is 0. The van der Waals surface area contributed by atoms with E-state index >= 15 is 0 Å². The normalized spacial score (nSPS) is 31.9. The van der Waals surface area contributed by atoms with Crippen LogP contribution < -0.4 is 10.6 Å².